The van der Waals surface area contributed by atoms with Crippen molar-refractivity contribution in [2.75, 3.05) is 52.8 Å². The van der Waals surface area contributed by atoms with Crippen molar-refractivity contribution >= 4 is 43.6 Å². The van der Waals surface area contributed by atoms with Gasteiger partial charge in [-0.15, -0.1) is 0 Å². The summed E-state index contributed by atoms with van der Waals surface area (Å²) in [6.45, 7) is 4.42. The van der Waals surface area contributed by atoms with Gasteiger partial charge >= 0.3 is 0 Å². The number of likely N-dealkylation sites (N-methyl/N-ethyl adjacent to an activating group) is 1. The van der Waals surface area contributed by atoms with E-state index in [1.54, 1.807) is 7.11 Å². The number of methoxy groups -OCH3 is 1. The van der Waals surface area contributed by atoms with Gasteiger partial charge in [0.25, 0.3) is 20.2 Å². The van der Waals surface area contributed by atoms with Gasteiger partial charge in [-0.25, -0.2) is 0 Å². The van der Waals surface area contributed by atoms with E-state index in [1.165, 1.54) is 20.9 Å². The first-order valence-corrected chi connectivity index (χ1v) is 15.4. The molecule has 2 aromatic rings. The minimum Gasteiger partial charge on any atom is -0.497 e. The maximum absolute atomic E-state index is 9.19. The molecule has 4 rings (SSSR count). The molecule has 2 aliphatic heterocycles. The van der Waals surface area contributed by atoms with Crippen molar-refractivity contribution in [3.05, 3.63) is 52.5 Å². The van der Waals surface area contributed by atoms with E-state index in [-0.39, 0.29) is 0 Å². The first-order valence-electron chi connectivity index (χ1n) is 10.6. The topological polar surface area (TPSA) is 124 Å². The molecular weight excluding hydrogens is 536 g/mol. The highest BCUT2D eigenvalue weighted by Gasteiger charge is 2.29. The molecule has 35 heavy (non-hydrogen) atoms. The Labute approximate surface area is 216 Å². The van der Waals surface area contributed by atoms with E-state index in [1.807, 2.05) is 17.8 Å². The third-order valence-corrected chi connectivity index (χ3v) is 6.66. The Hall–Kier alpha value is -1.38. The number of piperazine rings is 1. The molecule has 1 fully saturated rings. The van der Waals surface area contributed by atoms with Gasteiger partial charge in [-0.1, -0.05) is 23.4 Å². The first kappa shape index (κ1) is 29.8. The molecular formula is C22H31ClN2O7S3. The fraction of sp³-hybridized carbons (Fsp3) is 0.455. The molecule has 2 heterocycles. The van der Waals surface area contributed by atoms with Crippen molar-refractivity contribution in [1.82, 2.24) is 9.80 Å². The Bertz CT molecular complexity index is 1170. The number of benzene rings is 2. The summed E-state index contributed by atoms with van der Waals surface area (Å²) in [4.78, 5) is 7.65. The van der Waals surface area contributed by atoms with Gasteiger partial charge in [0.2, 0.25) is 0 Å². The van der Waals surface area contributed by atoms with Gasteiger partial charge in [-0.05, 0) is 61.0 Å². The van der Waals surface area contributed by atoms with Crippen LogP contribution in [0.2, 0.25) is 5.02 Å². The molecule has 0 bridgehead atoms. The van der Waals surface area contributed by atoms with Gasteiger partial charge in [0, 0.05) is 47.0 Å². The van der Waals surface area contributed by atoms with E-state index < -0.39 is 20.2 Å². The minimum absolute atomic E-state index is 0.364. The van der Waals surface area contributed by atoms with E-state index in [9.17, 15) is 16.8 Å². The molecule has 0 amide bonds. The van der Waals surface area contributed by atoms with Crippen LogP contribution in [0.25, 0.3) is 0 Å². The van der Waals surface area contributed by atoms with Crippen LogP contribution in [-0.2, 0) is 26.7 Å². The van der Waals surface area contributed by atoms with Crippen molar-refractivity contribution in [2.24, 2.45) is 0 Å². The summed E-state index contributed by atoms with van der Waals surface area (Å²) in [5, 5.41) is 0.821. The average Bonchev–Trinajstić information content (AvgIpc) is 2.88. The molecule has 196 valence electrons. The molecule has 2 aromatic carbocycles. The van der Waals surface area contributed by atoms with Gasteiger partial charge in [0.15, 0.2) is 0 Å². The van der Waals surface area contributed by atoms with Crippen LogP contribution >= 0.6 is 23.4 Å². The van der Waals surface area contributed by atoms with Crippen LogP contribution in [0.5, 0.6) is 5.75 Å². The molecule has 2 aliphatic rings. The Kier molecular flexibility index (Phi) is 10.9. The maximum Gasteiger partial charge on any atom is 0.261 e. The Morgan fingerprint density at radius 2 is 1.49 bits per heavy atom. The van der Waals surface area contributed by atoms with Crippen molar-refractivity contribution in [1.29, 1.82) is 0 Å². The second kappa shape index (κ2) is 12.7. The molecule has 0 saturated carbocycles. The lowest BCUT2D eigenvalue weighted by molar-refractivity contribution is 0.110. The van der Waals surface area contributed by atoms with Crippen LogP contribution in [0, 0.1) is 0 Å². The van der Waals surface area contributed by atoms with Gasteiger partial charge in [-0.2, -0.15) is 16.8 Å². The van der Waals surface area contributed by atoms with Crippen LogP contribution in [0.4, 0.5) is 0 Å². The van der Waals surface area contributed by atoms with Crippen LogP contribution in [0.3, 0.4) is 0 Å². The molecule has 0 aliphatic carbocycles. The second-order valence-corrected chi connectivity index (χ2v) is 12.7. The normalized spacial score (nSPS) is 18.5. The smallest absolute Gasteiger partial charge is 0.261 e. The van der Waals surface area contributed by atoms with E-state index >= 15 is 0 Å². The molecule has 1 unspecified atom stereocenters. The minimum atomic E-state index is -3.67. The van der Waals surface area contributed by atoms with Gasteiger partial charge in [-0.3, -0.25) is 14.0 Å². The van der Waals surface area contributed by atoms with Gasteiger partial charge in [0.05, 0.1) is 19.6 Å². The van der Waals surface area contributed by atoms with E-state index in [2.05, 4.69) is 47.2 Å². The van der Waals surface area contributed by atoms with Crippen molar-refractivity contribution in [2.45, 2.75) is 22.3 Å². The highest BCUT2D eigenvalue weighted by atomic mass is 35.5. The second-order valence-electron chi connectivity index (χ2n) is 8.28. The zero-order chi connectivity index (χ0) is 26.4. The lowest BCUT2D eigenvalue weighted by Gasteiger charge is -2.38. The molecule has 2 N–H and O–H groups in total. The Morgan fingerprint density at radius 1 is 0.943 bits per heavy atom. The molecule has 9 nitrogen and oxygen atoms in total. The molecule has 0 aromatic heterocycles. The molecule has 1 saturated heterocycles. The van der Waals surface area contributed by atoms with E-state index in [4.69, 9.17) is 25.4 Å². The fourth-order valence-corrected chi connectivity index (χ4v) is 4.99. The SMILES string of the molecule is COc1ccc2c(c1)CC(N1CCN(C)CC1)c1cc(Cl)ccc1S2.CS(=O)(=O)O.CS(=O)(=O)O. The van der Waals surface area contributed by atoms with E-state index in [0.29, 0.717) is 18.6 Å². The van der Waals surface area contributed by atoms with Crippen LogP contribution < -0.4 is 4.74 Å². The number of nitrogens with zero attached hydrogens (tertiary/aromatic N) is 2. The summed E-state index contributed by atoms with van der Waals surface area (Å²) in [5.41, 5.74) is 2.72. The number of fused-ring (bicyclic) bond motifs is 2. The van der Waals surface area contributed by atoms with Crippen molar-refractivity contribution in [3.8, 4) is 5.75 Å². The summed E-state index contributed by atoms with van der Waals surface area (Å²) in [5.74, 6) is 0.931. The largest absolute Gasteiger partial charge is 0.497 e. The van der Waals surface area contributed by atoms with E-state index in [0.717, 1.165) is 43.4 Å². The predicted molar refractivity (Wildman–Crippen MR) is 139 cm³/mol. The Morgan fingerprint density at radius 3 is 2.03 bits per heavy atom. The number of hydrogen-bond donors (Lipinski definition) is 2. The highest BCUT2D eigenvalue weighted by molar-refractivity contribution is 7.99. The lowest BCUT2D eigenvalue weighted by atomic mass is 9.96. The van der Waals surface area contributed by atoms with Crippen molar-refractivity contribution < 1.29 is 30.7 Å². The average molecular weight is 567 g/mol. The molecule has 13 heteroatoms. The standard InChI is InChI=1S/C20H23ClN2OS.2CH4O3S/c1-22-7-9-23(10-8-22)18-12-14-11-16(24-2)4-6-19(14)25-20-5-3-15(21)13-17(18)20;2*1-5(2,3)4/h3-6,11,13,18H,7-10,12H2,1-2H3;2*1H3,(H,2,3,4). The van der Waals surface area contributed by atoms with Crippen LogP contribution in [0.15, 0.2) is 46.2 Å². The highest BCUT2D eigenvalue weighted by Crippen LogP contribution is 2.44. The summed E-state index contributed by atoms with van der Waals surface area (Å²) in [6.07, 6.45) is 2.43. The van der Waals surface area contributed by atoms with Crippen LogP contribution in [-0.4, -0.2) is 88.6 Å². The van der Waals surface area contributed by atoms with Gasteiger partial charge in [0.1, 0.15) is 5.75 Å². The number of halogens is 1. The summed E-state index contributed by atoms with van der Waals surface area (Å²) in [7, 11) is -3.40. The maximum atomic E-state index is 9.19. The summed E-state index contributed by atoms with van der Waals surface area (Å²) < 4.78 is 57.2. The summed E-state index contributed by atoms with van der Waals surface area (Å²) in [6, 6.07) is 13.1. The molecule has 1 atom stereocenters. The predicted octanol–water partition coefficient (Wildman–Crippen LogP) is 3.35. The zero-order valence-electron chi connectivity index (χ0n) is 20.0. The number of hydrogen-bond acceptors (Lipinski definition) is 8. The fourth-order valence-electron chi connectivity index (χ4n) is 3.71. The molecule has 0 spiro atoms. The zero-order valence-corrected chi connectivity index (χ0v) is 23.2. The monoisotopic (exact) mass is 566 g/mol. The third-order valence-electron chi connectivity index (χ3n) is 5.21. The molecule has 0 radical (unpaired) electrons. The van der Waals surface area contributed by atoms with Crippen LogP contribution in [0.1, 0.15) is 17.2 Å². The number of rotatable bonds is 2. The third kappa shape index (κ3) is 11.0. The summed E-state index contributed by atoms with van der Waals surface area (Å²) >= 11 is 8.21. The first-order chi connectivity index (χ1) is 16.1. The number of ether oxygens (including phenoxy) is 1. The lowest BCUT2D eigenvalue weighted by Crippen LogP contribution is -2.46. The van der Waals surface area contributed by atoms with Gasteiger partial charge < -0.3 is 9.64 Å². The quantitative estimate of drug-likeness (QED) is 0.523. The Balaban J connectivity index is 0.000000368. The van der Waals surface area contributed by atoms with Crippen molar-refractivity contribution in [3.63, 3.8) is 0 Å².